The Kier molecular flexibility index (Phi) is 6.57. The number of rotatable bonds is 8. The predicted molar refractivity (Wildman–Crippen MR) is 100 cm³/mol. The van der Waals surface area contributed by atoms with Crippen molar-refractivity contribution < 1.29 is 4.79 Å². The van der Waals surface area contributed by atoms with E-state index >= 15 is 0 Å². The van der Waals surface area contributed by atoms with Crippen LogP contribution in [0.1, 0.15) is 27.7 Å². The Morgan fingerprint density at radius 2 is 1.79 bits per heavy atom. The number of aromatic nitrogens is 1. The monoisotopic (exact) mass is 349 g/mol. The van der Waals surface area contributed by atoms with E-state index in [1.165, 1.54) is 15.5 Å². The van der Waals surface area contributed by atoms with Crippen LogP contribution in [0.4, 0.5) is 0 Å². The summed E-state index contributed by atoms with van der Waals surface area (Å²) >= 11 is 1.34. The summed E-state index contributed by atoms with van der Waals surface area (Å²) in [6.07, 6.45) is 0. The van der Waals surface area contributed by atoms with Gasteiger partial charge in [0.1, 0.15) is 6.54 Å². The molecule has 5 nitrogen and oxygen atoms in total. The lowest BCUT2D eigenvalue weighted by Crippen LogP contribution is -2.42. The SMILES string of the molecule is CC(C)CN(CNC(=O)Cn1sc2ccccc2c1=O)CC(C)C. The van der Waals surface area contributed by atoms with Gasteiger partial charge in [-0.05, 0) is 24.0 Å². The van der Waals surface area contributed by atoms with Gasteiger partial charge < -0.3 is 5.32 Å². The average molecular weight is 350 g/mol. The molecule has 0 saturated heterocycles. The van der Waals surface area contributed by atoms with Crippen molar-refractivity contribution in [2.45, 2.75) is 34.2 Å². The maximum atomic E-state index is 12.3. The van der Waals surface area contributed by atoms with Crippen LogP contribution in [0.5, 0.6) is 0 Å². The zero-order valence-corrected chi connectivity index (χ0v) is 15.7. The third kappa shape index (κ3) is 5.18. The summed E-state index contributed by atoms with van der Waals surface area (Å²) in [6, 6.07) is 7.45. The second-order valence-corrected chi connectivity index (χ2v) is 8.07. The Hall–Kier alpha value is -1.66. The second kappa shape index (κ2) is 8.44. The van der Waals surface area contributed by atoms with Crippen LogP contribution in [0.2, 0.25) is 0 Å². The number of amides is 1. The zero-order chi connectivity index (χ0) is 17.7. The zero-order valence-electron chi connectivity index (χ0n) is 14.9. The Morgan fingerprint density at radius 1 is 1.17 bits per heavy atom. The highest BCUT2D eigenvalue weighted by molar-refractivity contribution is 7.13. The molecule has 1 aromatic carbocycles. The molecule has 0 aliphatic carbocycles. The molecule has 0 radical (unpaired) electrons. The van der Waals surface area contributed by atoms with Crippen molar-refractivity contribution in [2.75, 3.05) is 19.8 Å². The van der Waals surface area contributed by atoms with E-state index in [1.54, 1.807) is 6.07 Å². The van der Waals surface area contributed by atoms with Crippen molar-refractivity contribution in [3.05, 3.63) is 34.6 Å². The maximum absolute atomic E-state index is 12.3. The van der Waals surface area contributed by atoms with E-state index in [0.717, 1.165) is 17.8 Å². The number of fused-ring (bicyclic) bond motifs is 1. The summed E-state index contributed by atoms with van der Waals surface area (Å²) < 4.78 is 2.44. The fourth-order valence-electron chi connectivity index (χ4n) is 2.74. The molecule has 24 heavy (non-hydrogen) atoms. The van der Waals surface area contributed by atoms with E-state index in [9.17, 15) is 9.59 Å². The van der Waals surface area contributed by atoms with Crippen LogP contribution in [0.15, 0.2) is 29.1 Å². The predicted octanol–water partition coefficient (Wildman–Crippen LogP) is 2.75. The van der Waals surface area contributed by atoms with E-state index in [1.807, 2.05) is 18.2 Å². The number of carbonyl (C=O) groups is 1. The summed E-state index contributed by atoms with van der Waals surface area (Å²) in [5.74, 6) is 0.970. The van der Waals surface area contributed by atoms with Crippen molar-refractivity contribution in [1.82, 2.24) is 14.2 Å². The van der Waals surface area contributed by atoms with Gasteiger partial charge in [0, 0.05) is 13.1 Å². The third-order valence-corrected chi connectivity index (χ3v) is 4.65. The van der Waals surface area contributed by atoms with E-state index in [-0.39, 0.29) is 18.0 Å². The lowest BCUT2D eigenvalue weighted by atomic mass is 10.1. The number of nitrogens with one attached hydrogen (secondary N) is 1. The fraction of sp³-hybridized carbons (Fsp3) is 0.556. The molecule has 0 aliphatic rings. The minimum atomic E-state index is -0.124. The molecule has 0 spiro atoms. The van der Waals surface area contributed by atoms with Crippen molar-refractivity contribution in [3.8, 4) is 0 Å². The van der Waals surface area contributed by atoms with Crippen molar-refractivity contribution in [1.29, 1.82) is 0 Å². The molecule has 1 heterocycles. The van der Waals surface area contributed by atoms with Crippen LogP contribution in [0.25, 0.3) is 10.1 Å². The Morgan fingerprint density at radius 3 is 2.38 bits per heavy atom. The van der Waals surface area contributed by atoms with E-state index in [2.05, 4.69) is 37.9 Å². The molecule has 6 heteroatoms. The van der Waals surface area contributed by atoms with Crippen LogP contribution < -0.4 is 10.9 Å². The summed E-state index contributed by atoms with van der Waals surface area (Å²) in [5, 5.41) is 3.62. The van der Waals surface area contributed by atoms with Gasteiger partial charge in [0.2, 0.25) is 5.91 Å². The van der Waals surface area contributed by atoms with Gasteiger partial charge in [0.15, 0.2) is 0 Å². The van der Waals surface area contributed by atoms with Crippen molar-refractivity contribution in [3.63, 3.8) is 0 Å². The van der Waals surface area contributed by atoms with Gasteiger partial charge >= 0.3 is 0 Å². The number of carbonyl (C=O) groups excluding carboxylic acids is 1. The summed E-state index contributed by atoms with van der Waals surface area (Å²) in [7, 11) is 0. The molecule has 2 rings (SSSR count). The van der Waals surface area contributed by atoms with Gasteiger partial charge in [-0.1, -0.05) is 51.4 Å². The smallest absolute Gasteiger partial charge is 0.268 e. The fourth-order valence-corrected chi connectivity index (χ4v) is 3.74. The van der Waals surface area contributed by atoms with Gasteiger partial charge in [-0.2, -0.15) is 0 Å². The second-order valence-electron chi connectivity index (χ2n) is 7.01. The topological polar surface area (TPSA) is 54.3 Å². The molecule has 0 bridgehead atoms. The van der Waals surface area contributed by atoms with Gasteiger partial charge in [-0.3, -0.25) is 18.4 Å². The first-order valence-corrected chi connectivity index (χ1v) is 9.22. The first kappa shape index (κ1) is 18.7. The van der Waals surface area contributed by atoms with Crippen molar-refractivity contribution in [2.24, 2.45) is 11.8 Å². The lowest BCUT2D eigenvalue weighted by Gasteiger charge is -2.26. The molecule has 2 aromatic rings. The lowest BCUT2D eigenvalue weighted by molar-refractivity contribution is -0.122. The van der Waals surface area contributed by atoms with Gasteiger partial charge in [-0.15, -0.1) is 0 Å². The van der Waals surface area contributed by atoms with Gasteiger partial charge in [0.05, 0.1) is 16.8 Å². The molecule has 0 atom stereocenters. The normalized spacial score (nSPS) is 11.8. The number of nitrogens with zero attached hydrogens (tertiary/aromatic N) is 2. The van der Waals surface area contributed by atoms with Crippen LogP contribution in [0.3, 0.4) is 0 Å². The van der Waals surface area contributed by atoms with E-state index in [4.69, 9.17) is 0 Å². The van der Waals surface area contributed by atoms with Gasteiger partial charge in [-0.25, -0.2) is 0 Å². The highest BCUT2D eigenvalue weighted by atomic mass is 32.1. The van der Waals surface area contributed by atoms with Gasteiger partial charge in [0.25, 0.3) is 5.56 Å². The Balaban J connectivity index is 1.96. The average Bonchev–Trinajstić information content (AvgIpc) is 2.80. The highest BCUT2D eigenvalue weighted by Gasteiger charge is 2.13. The molecule has 1 N–H and O–H groups in total. The highest BCUT2D eigenvalue weighted by Crippen LogP contribution is 2.15. The molecule has 0 unspecified atom stereocenters. The number of hydrogen-bond donors (Lipinski definition) is 1. The van der Waals surface area contributed by atoms with Crippen molar-refractivity contribution >= 4 is 27.5 Å². The minimum Gasteiger partial charge on any atom is -0.342 e. The van der Waals surface area contributed by atoms with Crippen LogP contribution in [-0.2, 0) is 11.3 Å². The van der Waals surface area contributed by atoms with E-state index in [0.29, 0.717) is 23.9 Å². The first-order valence-electron chi connectivity index (χ1n) is 8.44. The van der Waals surface area contributed by atoms with Crippen LogP contribution in [-0.4, -0.2) is 34.5 Å². The first-order chi connectivity index (χ1) is 11.4. The standard InChI is InChI=1S/C18H27N3O2S/c1-13(2)9-20(10-14(3)4)12-19-17(22)11-21-18(23)15-7-5-6-8-16(15)24-21/h5-8,13-14H,9-12H2,1-4H3,(H,19,22). The Labute approximate surface area is 147 Å². The maximum Gasteiger partial charge on any atom is 0.268 e. The third-order valence-electron chi connectivity index (χ3n) is 3.59. The van der Waals surface area contributed by atoms with E-state index < -0.39 is 0 Å². The van der Waals surface area contributed by atoms with Crippen LogP contribution >= 0.6 is 11.5 Å². The quantitative estimate of drug-likeness (QED) is 0.746. The Bertz CT molecular complexity index is 723. The summed E-state index contributed by atoms with van der Waals surface area (Å²) in [6.45, 7) is 11.2. The van der Waals surface area contributed by atoms with Crippen LogP contribution in [0, 0.1) is 11.8 Å². The molecule has 1 aromatic heterocycles. The molecule has 0 aliphatic heterocycles. The number of benzene rings is 1. The summed E-state index contributed by atoms with van der Waals surface area (Å²) in [5.41, 5.74) is -0.0908. The molecular formula is C18H27N3O2S. The molecule has 0 fully saturated rings. The molecular weight excluding hydrogens is 322 g/mol. The molecule has 132 valence electrons. The molecule has 0 saturated carbocycles. The molecule has 1 amide bonds. The largest absolute Gasteiger partial charge is 0.342 e. The summed E-state index contributed by atoms with van der Waals surface area (Å²) in [4.78, 5) is 26.8. The number of hydrogen-bond acceptors (Lipinski definition) is 4. The minimum absolute atomic E-state index is 0.0787.